The first-order valence-corrected chi connectivity index (χ1v) is 13.0. The first kappa shape index (κ1) is 25.1. The summed E-state index contributed by atoms with van der Waals surface area (Å²) in [4.78, 5) is 35.4. The van der Waals surface area contributed by atoms with Crippen LogP contribution in [0.1, 0.15) is 39.9 Å². The van der Waals surface area contributed by atoms with Gasteiger partial charge in [-0.2, -0.15) is 4.98 Å². The predicted octanol–water partition coefficient (Wildman–Crippen LogP) is 4.59. The van der Waals surface area contributed by atoms with Crippen LogP contribution < -0.4 is 10.7 Å². The van der Waals surface area contributed by atoms with Crippen LogP contribution >= 0.6 is 0 Å². The van der Waals surface area contributed by atoms with E-state index in [-0.39, 0.29) is 29.9 Å². The van der Waals surface area contributed by atoms with Crippen molar-refractivity contribution in [2.45, 2.75) is 38.0 Å². The van der Waals surface area contributed by atoms with Crippen LogP contribution in [0.5, 0.6) is 0 Å². The van der Waals surface area contributed by atoms with Gasteiger partial charge >= 0.3 is 5.97 Å². The summed E-state index contributed by atoms with van der Waals surface area (Å²) in [7, 11) is 0. The number of carboxylic acid groups (broad SMARTS) is 1. The van der Waals surface area contributed by atoms with Crippen LogP contribution in [0, 0.1) is 0 Å². The highest BCUT2D eigenvalue weighted by Gasteiger charge is 2.37. The third kappa shape index (κ3) is 5.12. The lowest BCUT2D eigenvalue weighted by atomic mass is 10.1. The molecule has 0 unspecified atom stereocenters. The van der Waals surface area contributed by atoms with E-state index < -0.39 is 17.3 Å². The number of rotatable bonds is 7. The Labute approximate surface area is 222 Å². The summed E-state index contributed by atoms with van der Waals surface area (Å²) in [6.45, 7) is 0.807. The van der Waals surface area contributed by atoms with Crippen LogP contribution in [0.4, 0.5) is 20.4 Å². The molecule has 0 amide bonds. The van der Waals surface area contributed by atoms with Crippen LogP contribution in [-0.2, 0) is 19.3 Å². The van der Waals surface area contributed by atoms with Crippen LogP contribution in [0.3, 0.4) is 0 Å². The smallest absolute Gasteiger partial charge is 0.341 e. The number of pyridine rings is 1. The highest BCUT2D eigenvalue weighted by molar-refractivity contribution is 5.92. The summed E-state index contributed by atoms with van der Waals surface area (Å²) in [5.41, 5.74) is 4.29. The molecule has 1 saturated heterocycles. The number of hydrogen-bond acceptors (Lipinski definition) is 6. The standard InChI is InChI=1S/C29H27F2N5O3/c30-29(31)11-13-35(17-29)12-10-18-4-7-21(8-5-18)33-28-32-15-23-25(37)24(27(38)39)16-36(26(23)34-28)22-9-6-19-2-1-3-20(19)14-22/h4-9,14-16H,1-3,10-13,17H2,(H,38,39)(H,32,33,34). The Bertz CT molecular complexity index is 1640. The summed E-state index contributed by atoms with van der Waals surface area (Å²) in [5.74, 6) is -3.64. The van der Waals surface area contributed by atoms with Crippen LogP contribution in [0.15, 0.2) is 59.7 Å². The second-order valence-electron chi connectivity index (χ2n) is 10.2. The fourth-order valence-electron chi connectivity index (χ4n) is 5.40. The van der Waals surface area contributed by atoms with E-state index in [4.69, 9.17) is 0 Å². The number of carbonyl (C=O) groups is 1. The van der Waals surface area contributed by atoms with Gasteiger partial charge < -0.3 is 15.0 Å². The molecule has 10 heteroatoms. The summed E-state index contributed by atoms with van der Waals surface area (Å²) in [6, 6.07) is 13.6. The summed E-state index contributed by atoms with van der Waals surface area (Å²) >= 11 is 0. The van der Waals surface area contributed by atoms with E-state index in [0.717, 1.165) is 36.2 Å². The van der Waals surface area contributed by atoms with Gasteiger partial charge in [0.2, 0.25) is 11.4 Å². The topological polar surface area (TPSA) is 100 Å². The van der Waals surface area contributed by atoms with Crippen molar-refractivity contribution in [2.75, 3.05) is 25.0 Å². The molecule has 2 N–H and O–H groups in total. The Kier molecular flexibility index (Phi) is 6.34. The number of carboxylic acids is 1. The van der Waals surface area contributed by atoms with Gasteiger partial charge in [-0.15, -0.1) is 0 Å². The molecule has 2 aliphatic rings. The number of aromatic nitrogens is 3. The Balaban J connectivity index is 1.27. The summed E-state index contributed by atoms with van der Waals surface area (Å²) in [5, 5.41) is 12.9. The molecular weight excluding hydrogens is 504 g/mol. The monoisotopic (exact) mass is 531 g/mol. The lowest BCUT2D eigenvalue weighted by Crippen LogP contribution is -2.27. The van der Waals surface area contributed by atoms with Crippen molar-refractivity contribution >= 4 is 28.6 Å². The third-order valence-electron chi connectivity index (χ3n) is 7.51. The number of benzene rings is 2. The normalized spacial score (nSPS) is 16.5. The molecule has 1 aliphatic carbocycles. The molecular formula is C29H27F2N5O3. The van der Waals surface area contributed by atoms with Crippen molar-refractivity contribution in [3.63, 3.8) is 0 Å². The number of aromatic carboxylic acids is 1. The van der Waals surface area contributed by atoms with Gasteiger partial charge in [0, 0.05) is 43.3 Å². The van der Waals surface area contributed by atoms with Gasteiger partial charge in [0.05, 0.1) is 11.9 Å². The second kappa shape index (κ2) is 9.85. The number of nitrogens with zero attached hydrogens (tertiary/aromatic N) is 4. The third-order valence-corrected chi connectivity index (χ3v) is 7.51. The molecule has 1 aliphatic heterocycles. The molecule has 4 aromatic rings. The van der Waals surface area contributed by atoms with Crippen molar-refractivity contribution in [3.8, 4) is 5.69 Å². The van der Waals surface area contributed by atoms with E-state index >= 15 is 0 Å². The lowest BCUT2D eigenvalue weighted by molar-refractivity contribution is 0.0123. The maximum Gasteiger partial charge on any atom is 0.341 e. The zero-order valence-corrected chi connectivity index (χ0v) is 21.2. The number of alkyl halides is 2. The van der Waals surface area contributed by atoms with Crippen LogP contribution in [0.2, 0.25) is 0 Å². The van der Waals surface area contributed by atoms with Crippen molar-refractivity contribution in [1.82, 2.24) is 19.4 Å². The molecule has 0 bridgehead atoms. The Morgan fingerprint density at radius 1 is 1.10 bits per heavy atom. The molecule has 8 nitrogen and oxygen atoms in total. The number of anilines is 2. The lowest BCUT2D eigenvalue weighted by Gasteiger charge is -2.15. The predicted molar refractivity (Wildman–Crippen MR) is 144 cm³/mol. The molecule has 2 aromatic heterocycles. The van der Waals surface area contributed by atoms with Crippen LogP contribution in [0.25, 0.3) is 16.7 Å². The van der Waals surface area contributed by atoms with Gasteiger partial charge in [-0.1, -0.05) is 18.2 Å². The summed E-state index contributed by atoms with van der Waals surface area (Å²) in [6.07, 6.45) is 6.31. The number of halogens is 2. The average molecular weight is 532 g/mol. The fraction of sp³-hybridized carbons (Fsp3) is 0.310. The molecule has 6 rings (SSSR count). The fourth-order valence-corrected chi connectivity index (χ4v) is 5.40. The van der Waals surface area contributed by atoms with E-state index in [9.17, 15) is 23.5 Å². The average Bonchev–Trinajstić information content (AvgIpc) is 3.53. The molecule has 0 spiro atoms. The number of fused-ring (bicyclic) bond motifs is 2. The number of nitrogens with one attached hydrogen (secondary N) is 1. The van der Waals surface area contributed by atoms with E-state index in [1.165, 1.54) is 23.5 Å². The minimum absolute atomic E-state index is 0.0838. The number of hydrogen-bond donors (Lipinski definition) is 2. The van der Waals surface area contributed by atoms with Gasteiger partial charge in [0.15, 0.2) is 5.65 Å². The van der Waals surface area contributed by atoms with Crippen molar-refractivity contribution < 1.29 is 18.7 Å². The largest absolute Gasteiger partial charge is 0.477 e. The van der Waals surface area contributed by atoms with E-state index in [1.54, 1.807) is 9.47 Å². The molecule has 1 fully saturated rings. The number of likely N-dealkylation sites (tertiary alicyclic amines) is 1. The van der Waals surface area contributed by atoms with Gasteiger partial charge in [0.1, 0.15) is 5.56 Å². The molecule has 200 valence electrons. The van der Waals surface area contributed by atoms with Crippen molar-refractivity contribution in [2.24, 2.45) is 0 Å². The van der Waals surface area contributed by atoms with Gasteiger partial charge in [-0.3, -0.25) is 9.69 Å². The van der Waals surface area contributed by atoms with Crippen LogP contribution in [-0.4, -0.2) is 56.1 Å². The molecule has 39 heavy (non-hydrogen) atoms. The zero-order chi connectivity index (χ0) is 27.1. The van der Waals surface area contributed by atoms with Crippen molar-refractivity contribution in [1.29, 1.82) is 0 Å². The first-order chi connectivity index (χ1) is 18.8. The maximum absolute atomic E-state index is 13.4. The first-order valence-electron chi connectivity index (χ1n) is 13.0. The maximum atomic E-state index is 13.4. The van der Waals surface area contributed by atoms with Crippen molar-refractivity contribution in [3.05, 3.63) is 87.3 Å². The number of aryl methyl sites for hydroxylation is 2. The SMILES string of the molecule is O=C(O)c1cn(-c2ccc3c(c2)CCC3)c2nc(Nc3ccc(CCN4CCC(F)(F)C4)cc3)ncc2c1=O. The Morgan fingerprint density at radius 3 is 2.64 bits per heavy atom. The quantitative estimate of drug-likeness (QED) is 0.360. The molecule has 3 heterocycles. The minimum atomic E-state index is -2.59. The van der Waals surface area contributed by atoms with Gasteiger partial charge in [0.25, 0.3) is 5.92 Å². The minimum Gasteiger partial charge on any atom is -0.477 e. The van der Waals surface area contributed by atoms with E-state index in [0.29, 0.717) is 25.2 Å². The zero-order valence-electron chi connectivity index (χ0n) is 21.2. The molecule has 2 aromatic carbocycles. The summed E-state index contributed by atoms with van der Waals surface area (Å²) < 4.78 is 28.5. The molecule has 0 atom stereocenters. The second-order valence-corrected chi connectivity index (χ2v) is 10.2. The molecule has 0 radical (unpaired) electrons. The molecule has 0 saturated carbocycles. The Hall–Kier alpha value is -4.18. The van der Waals surface area contributed by atoms with Gasteiger partial charge in [-0.05, 0) is 66.6 Å². The van der Waals surface area contributed by atoms with E-state index in [2.05, 4.69) is 15.3 Å². The van der Waals surface area contributed by atoms with Gasteiger partial charge in [-0.25, -0.2) is 18.6 Å². The highest BCUT2D eigenvalue weighted by Crippen LogP contribution is 2.28. The Morgan fingerprint density at radius 2 is 1.90 bits per heavy atom. The highest BCUT2D eigenvalue weighted by atomic mass is 19.3. The van der Waals surface area contributed by atoms with E-state index in [1.807, 2.05) is 42.5 Å².